The molecule has 172 valence electrons. The highest BCUT2D eigenvalue weighted by atomic mass is 35.5. The number of likely N-dealkylation sites (tertiary alicyclic amines) is 1. The zero-order chi connectivity index (χ0) is 23.4. The maximum atomic E-state index is 12.6. The maximum Gasteiger partial charge on any atom is 0.310 e. The highest BCUT2D eigenvalue weighted by molar-refractivity contribution is 7.99. The molecule has 33 heavy (non-hydrogen) atoms. The number of carbonyl (C=O) groups is 2. The molecule has 1 atom stereocenters. The van der Waals surface area contributed by atoms with Crippen LogP contribution in [0, 0.1) is 5.92 Å². The van der Waals surface area contributed by atoms with Crippen molar-refractivity contribution in [2.75, 3.05) is 19.7 Å². The number of hydrogen-bond donors (Lipinski definition) is 0. The molecule has 0 saturated carbocycles. The first-order chi connectivity index (χ1) is 15.9. The van der Waals surface area contributed by atoms with Gasteiger partial charge in [-0.3, -0.25) is 9.59 Å². The predicted octanol–water partition coefficient (Wildman–Crippen LogP) is 5.80. The fraction of sp³-hybridized carbons (Fsp3) is 0.308. The van der Waals surface area contributed by atoms with E-state index >= 15 is 0 Å². The van der Waals surface area contributed by atoms with E-state index < -0.39 is 0 Å². The van der Waals surface area contributed by atoms with Crippen molar-refractivity contribution in [3.63, 3.8) is 0 Å². The van der Waals surface area contributed by atoms with Crippen molar-refractivity contribution in [3.05, 3.63) is 65.3 Å². The summed E-state index contributed by atoms with van der Waals surface area (Å²) in [6.45, 7) is 3.22. The molecule has 1 saturated heterocycles. The molecular weight excluding hydrogens is 456 g/mol. The Balaban J connectivity index is 1.40. The number of aromatic nitrogens is 1. The molecule has 2 heterocycles. The quantitative estimate of drug-likeness (QED) is 0.329. The van der Waals surface area contributed by atoms with Gasteiger partial charge in [-0.15, -0.1) is 0 Å². The number of carbonyl (C=O) groups excluding carboxylic acids is 2. The average Bonchev–Trinajstić information content (AvgIpc) is 3.19. The molecule has 0 aliphatic carbocycles. The van der Waals surface area contributed by atoms with Crippen LogP contribution in [0.4, 0.5) is 0 Å². The molecule has 1 aliphatic heterocycles. The van der Waals surface area contributed by atoms with Crippen LogP contribution in [0.2, 0.25) is 5.02 Å². The van der Waals surface area contributed by atoms with Crippen LogP contribution < -0.4 is 0 Å². The molecule has 1 unspecified atom stereocenters. The van der Waals surface area contributed by atoms with Gasteiger partial charge in [-0.25, -0.2) is 0 Å². The fourth-order valence-electron chi connectivity index (χ4n) is 4.06. The summed E-state index contributed by atoms with van der Waals surface area (Å²) in [5.74, 6) is -0.558. The second-order valence-electron chi connectivity index (χ2n) is 8.15. The number of halogens is 1. The number of esters is 1. The Morgan fingerprint density at radius 1 is 1.21 bits per heavy atom. The maximum absolute atomic E-state index is 12.6. The standard InChI is InChI=1S/C26H27ClN2O3S/c1-3-32-26(31)20-5-4-13-29(17-20)25(30)11-7-18-6-10-24(22(27)15-18)33-21-8-9-23-19(16-21)12-14-28(23)2/h6-12,14-16,20H,3-5,13,17H2,1-2H3/b11-7+. The third kappa shape index (κ3) is 5.63. The van der Waals surface area contributed by atoms with Gasteiger partial charge in [0.25, 0.3) is 0 Å². The molecule has 7 heteroatoms. The van der Waals surface area contributed by atoms with Crippen molar-refractivity contribution in [2.45, 2.75) is 29.6 Å². The first-order valence-electron chi connectivity index (χ1n) is 11.1. The lowest BCUT2D eigenvalue weighted by Crippen LogP contribution is -2.42. The zero-order valence-corrected chi connectivity index (χ0v) is 20.4. The zero-order valence-electron chi connectivity index (χ0n) is 18.8. The number of nitrogens with zero attached hydrogens (tertiary/aromatic N) is 2. The summed E-state index contributed by atoms with van der Waals surface area (Å²) in [6, 6.07) is 14.3. The number of amides is 1. The summed E-state index contributed by atoms with van der Waals surface area (Å²) >= 11 is 8.16. The molecule has 1 fully saturated rings. The van der Waals surface area contributed by atoms with E-state index in [0.717, 1.165) is 28.2 Å². The molecule has 0 N–H and O–H groups in total. The molecule has 0 spiro atoms. The Morgan fingerprint density at radius 3 is 2.85 bits per heavy atom. The van der Waals surface area contributed by atoms with Crippen molar-refractivity contribution in [1.82, 2.24) is 9.47 Å². The van der Waals surface area contributed by atoms with Crippen molar-refractivity contribution < 1.29 is 14.3 Å². The SMILES string of the molecule is CCOC(=O)C1CCCN(C(=O)/C=C/c2ccc(Sc3ccc4c(ccn4C)c3)c(Cl)c2)C1. The molecule has 1 aliphatic rings. The lowest BCUT2D eigenvalue weighted by molar-refractivity contribution is -0.150. The van der Waals surface area contributed by atoms with Crippen LogP contribution in [0.3, 0.4) is 0 Å². The molecule has 0 bridgehead atoms. The number of piperidine rings is 1. The van der Waals surface area contributed by atoms with Gasteiger partial charge in [0.2, 0.25) is 5.91 Å². The molecule has 0 radical (unpaired) electrons. The van der Waals surface area contributed by atoms with Crippen LogP contribution >= 0.6 is 23.4 Å². The molecule has 1 amide bonds. The third-order valence-corrected chi connectivity index (χ3v) is 7.30. The Hall–Kier alpha value is -2.70. The Labute approximate surface area is 203 Å². The topological polar surface area (TPSA) is 51.5 Å². The summed E-state index contributed by atoms with van der Waals surface area (Å²) in [5.41, 5.74) is 2.05. The van der Waals surface area contributed by atoms with Crippen LogP contribution in [0.5, 0.6) is 0 Å². The van der Waals surface area contributed by atoms with E-state index in [2.05, 4.69) is 35.0 Å². The van der Waals surface area contributed by atoms with Gasteiger partial charge in [-0.05, 0) is 67.8 Å². The first-order valence-corrected chi connectivity index (χ1v) is 12.3. The summed E-state index contributed by atoms with van der Waals surface area (Å²) < 4.78 is 7.21. The Kier molecular flexibility index (Phi) is 7.46. The fourth-order valence-corrected chi connectivity index (χ4v) is 5.23. The van der Waals surface area contributed by atoms with E-state index in [9.17, 15) is 9.59 Å². The smallest absolute Gasteiger partial charge is 0.310 e. The monoisotopic (exact) mass is 482 g/mol. The number of hydrogen-bond acceptors (Lipinski definition) is 4. The van der Waals surface area contributed by atoms with Gasteiger partial charge in [0, 0.05) is 53.1 Å². The molecule has 1 aromatic heterocycles. The van der Waals surface area contributed by atoms with E-state index in [1.54, 1.807) is 35.7 Å². The van der Waals surface area contributed by atoms with E-state index in [1.807, 2.05) is 25.2 Å². The minimum Gasteiger partial charge on any atom is -0.466 e. The minimum atomic E-state index is -0.239. The summed E-state index contributed by atoms with van der Waals surface area (Å²) in [6.07, 6.45) is 6.94. The van der Waals surface area contributed by atoms with E-state index in [1.165, 1.54) is 10.9 Å². The van der Waals surface area contributed by atoms with Gasteiger partial charge in [0.05, 0.1) is 17.5 Å². The van der Waals surface area contributed by atoms with Crippen LogP contribution in [0.25, 0.3) is 17.0 Å². The van der Waals surface area contributed by atoms with Crippen LogP contribution in [0.1, 0.15) is 25.3 Å². The number of ether oxygens (including phenoxy) is 1. The van der Waals surface area contributed by atoms with Gasteiger partial charge < -0.3 is 14.2 Å². The van der Waals surface area contributed by atoms with Gasteiger partial charge >= 0.3 is 5.97 Å². The Bertz CT molecular complexity index is 1200. The number of rotatable bonds is 6. The minimum absolute atomic E-state index is 0.102. The molecule has 2 aromatic carbocycles. The first kappa shape index (κ1) is 23.5. The molecule has 5 nitrogen and oxygen atoms in total. The van der Waals surface area contributed by atoms with Crippen LogP contribution in [-0.4, -0.2) is 41.0 Å². The van der Waals surface area contributed by atoms with E-state index in [-0.39, 0.29) is 17.8 Å². The van der Waals surface area contributed by atoms with E-state index in [0.29, 0.717) is 24.7 Å². The lowest BCUT2D eigenvalue weighted by Gasteiger charge is -2.30. The van der Waals surface area contributed by atoms with Crippen molar-refractivity contribution in [3.8, 4) is 0 Å². The van der Waals surface area contributed by atoms with Gasteiger partial charge in [-0.2, -0.15) is 0 Å². The Morgan fingerprint density at radius 2 is 2.06 bits per heavy atom. The summed E-state index contributed by atoms with van der Waals surface area (Å²) in [5, 5.41) is 1.84. The highest BCUT2D eigenvalue weighted by Gasteiger charge is 2.28. The second-order valence-corrected chi connectivity index (χ2v) is 9.67. The van der Waals surface area contributed by atoms with Crippen molar-refractivity contribution >= 4 is 52.2 Å². The number of benzene rings is 2. The molecular formula is C26H27ClN2O3S. The average molecular weight is 483 g/mol. The van der Waals surface area contributed by atoms with Crippen LogP contribution in [0.15, 0.2) is 64.5 Å². The highest BCUT2D eigenvalue weighted by Crippen LogP contribution is 2.35. The normalized spacial score (nSPS) is 16.5. The van der Waals surface area contributed by atoms with Gasteiger partial charge in [-0.1, -0.05) is 29.4 Å². The lowest BCUT2D eigenvalue weighted by atomic mass is 9.98. The second kappa shape index (κ2) is 10.5. The van der Waals surface area contributed by atoms with E-state index in [4.69, 9.17) is 16.3 Å². The van der Waals surface area contributed by atoms with Crippen molar-refractivity contribution in [2.24, 2.45) is 13.0 Å². The summed E-state index contributed by atoms with van der Waals surface area (Å²) in [7, 11) is 2.03. The molecule has 3 aromatic rings. The number of aryl methyl sites for hydroxylation is 1. The van der Waals surface area contributed by atoms with Gasteiger partial charge in [0.1, 0.15) is 0 Å². The van der Waals surface area contributed by atoms with Crippen LogP contribution in [-0.2, 0) is 21.4 Å². The van der Waals surface area contributed by atoms with Gasteiger partial charge in [0.15, 0.2) is 0 Å². The summed E-state index contributed by atoms with van der Waals surface area (Å²) in [4.78, 5) is 28.5. The largest absolute Gasteiger partial charge is 0.466 e. The third-order valence-electron chi connectivity index (χ3n) is 5.81. The predicted molar refractivity (Wildman–Crippen MR) is 133 cm³/mol. The molecule has 4 rings (SSSR count). The number of fused-ring (bicyclic) bond motifs is 1. The van der Waals surface area contributed by atoms with Crippen molar-refractivity contribution in [1.29, 1.82) is 0 Å².